The van der Waals surface area contributed by atoms with E-state index in [0.717, 1.165) is 38.3 Å². The molecule has 2 N–H and O–H groups in total. The minimum Gasteiger partial charge on any atom is -0.370 e. The Balaban J connectivity index is 0.00000180. The lowest BCUT2D eigenvalue weighted by molar-refractivity contribution is 0.277. The molecule has 0 amide bonds. The predicted octanol–water partition coefficient (Wildman–Crippen LogP) is 1.09. The average Bonchev–Trinajstić information content (AvgIpc) is 2.67. The van der Waals surface area contributed by atoms with E-state index in [0.29, 0.717) is 18.3 Å². The molecule has 0 bridgehead atoms. The van der Waals surface area contributed by atoms with E-state index in [-0.39, 0.29) is 35.6 Å². The van der Waals surface area contributed by atoms with Gasteiger partial charge in [-0.25, -0.2) is 8.42 Å². The molecule has 0 aromatic carbocycles. The maximum absolute atomic E-state index is 11.3. The highest BCUT2D eigenvalue weighted by Gasteiger charge is 2.27. The molecule has 7 heteroatoms. The molecule has 0 radical (unpaired) electrons. The summed E-state index contributed by atoms with van der Waals surface area (Å²) in [5, 5.41) is 0. The Hall–Kier alpha value is -0.0500. The van der Waals surface area contributed by atoms with E-state index < -0.39 is 9.84 Å². The minimum absolute atomic E-state index is 0. The van der Waals surface area contributed by atoms with Gasteiger partial charge in [0.05, 0.1) is 11.5 Å². The molecule has 0 spiro atoms. The van der Waals surface area contributed by atoms with Gasteiger partial charge in [-0.2, -0.15) is 0 Å². The molecule has 0 aromatic rings. The molecule has 1 atom stereocenters. The van der Waals surface area contributed by atoms with Crippen LogP contribution in [0.1, 0.15) is 26.2 Å². The highest BCUT2D eigenvalue weighted by Crippen LogP contribution is 2.19. The van der Waals surface area contributed by atoms with E-state index in [9.17, 15) is 8.42 Å². The molecule has 5 nitrogen and oxygen atoms in total. The second-order valence-corrected chi connectivity index (χ2v) is 7.87. The lowest BCUT2D eigenvalue weighted by Crippen LogP contribution is -2.42. The topological polar surface area (TPSA) is 75.8 Å². The summed E-state index contributed by atoms with van der Waals surface area (Å²) in [5.74, 6) is 2.12. The number of nitrogens with zero attached hydrogens (tertiary/aromatic N) is 2. The molecule has 0 aliphatic carbocycles. The second-order valence-electron chi connectivity index (χ2n) is 5.64. The second kappa shape index (κ2) is 7.10. The fraction of sp³-hybridized carbons (Fsp3) is 0.917. The summed E-state index contributed by atoms with van der Waals surface area (Å²) in [7, 11) is -2.80. The summed E-state index contributed by atoms with van der Waals surface area (Å²) < 4.78 is 22.7. The highest BCUT2D eigenvalue weighted by molar-refractivity contribution is 14.0. The Labute approximate surface area is 133 Å². The SMILES string of the molecule is CC1CCN(C(N)=NCC2CCS(=O)(=O)C2)CC1.I. The number of rotatable bonds is 2. The number of sulfone groups is 1. The fourth-order valence-corrected chi connectivity index (χ4v) is 4.43. The van der Waals surface area contributed by atoms with E-state index in [1.54, 1.807) is 0 Å². The van der Waals surface area contributed by atoms with Gasteiger partial charge in [0.15, 0.2) is 15.8 Å². The average molecular weight is 401 g/mol. The highest BCUT2D eigenvalue weighted by atomic mass is 127. The third-order valence-corrected chi connectivity index (χ3v) is 5.78. The predicted molar refractivity (Wildman–Crippen MR) is 88.6 cm³/mol. The molecule has 112 valence electrons. The van der Waals surface area contributed by atoms with Gasteiger partial charge in [-0.15, -0.1) is 24.0 Å². The van der Waals surface area contributed by atoms with Gasteiger partial charge in [0.2, 0.25) is 0 Å². The van der Waals surface area contributed by atoms with Gasteiger partial charge in [-0.05, 0) is 31.1 Å². The number of piperidine rings is 1. The van der Waals surface area contributed by atoms with Crippen LogP contribution in [-0.4, -0.2) is 50.4 Å². The molecule has 2 aliphatic heterocycles. The van der Waals surface area contributed by atoms with Gasteiger partial charge < -0.3 is 10.6 Å². The van der Waals surface area contributed by atoms with Gasteiger partial charge in [0, 0.05) is 19.6 Å². The van der Waals surface area contributed by atoms with Gasteiger partial charge in [0.1, 0.15) is 0 Å². The first kappa shape index (κ1) is 17.0. The summed E-state index contributed by atoms with van der Waals surface area (Å²) in [4.78, 5) is 6.49. The molecule has 0 saturated carbocycles. The first-order chi connectivity index (χ1) is 8.46. The van der Waals surface area contributed by atoms with Crippen molar-refractivity contribution in [1.29, 1.82) is 0 Å². The van der Waals surface area contributed by atoms with Crippen LogP contribution in [0.15, 0.2) is 4.99 Å². The molecule has 2 heterocycles. The summed E-state index contributed by atoms with van der Waals surface area (Å²) in [6, 6.07) is 0. The third kappa shape index (κ3) is 5.09. The van der Waals surface area contributed by atoms with Crippen molar-refractivity contribution in [2.45, 2.75) is 26.2 Å². The normalized spacial score (nSPS) is 28.2. The number of hydrogen-bond acceptors (Lipinski definition) is 3. The Bertz CT molecular complexity index is 417. The quantitative estimate of drug-likeness (QED) is 0.427. The third-order valence-electron chi connectivity index (χ3n) is 3.95. The van der Waals surface area contributed by atoms with E-state index in [2.05, 4.69) is 16.8 Å². The van der Waals surface area contributed by atoms with E-state index in [1.165, 1.54) is 0 Å². The number of hydrogen-bond donors (Lipinski definition) is 1. The van der Waals surface area contributed by atoms with Crippen molar-refractivity contribution in [2.75, 3.05) is 31.1 Å². The van der Waals surface area contributed by atoms with Crippen molar-refractivity contribution in [1.82, 2.24) is 4.90 Å². The lowest BCUT2D eigenvalue weighted by atomic mass is 10.00. The number of guanidine groups is 1. The first-order valence-corrected chi connectivity index (χ1v) is 8.54. The zero-order valence-corrected chi connectivity index (χ0v) is 14.6. The monoisotopic (exact) mass is 401 g/mol. The summed E-state index contributed by atoms with van der Waals surface area (Å²) in [6.45, 7) is 4.75. The fourth-order valence-electron chi connectivity index (χ4n) is 2.58. The Morgan fingerprint density at radius 1 is 1.32 bits per heavy atom. The van der Waals surface area contributed by atoms with E-state index >= 15 is 0 Å². The van der Waals surface area contributed by atoms with Gasteiger partial charge in [0.25, 0.3) is 0 Å². The number of halogens is 1. The molecule has 2 rings (SSSR count). The molecule has 2 saturated heterocycles. The molecular formula is C12H24IN3O2S. The van der Waals surface area contributed by atoms with Crippen LogP contribution in [-0.2, 0) is 9.84 Å². The van der Waals surface area contributed by atoms with Crippen LogP contribution in [0.4, 0.5) is 0 Å². The van der Waals surface area contributed by atoms with Crippen LogP contribution >= 0.6 is 24.0 Å². The van der Waals surface area contributed by atoms with Crippen LogP contribution in [0.5, 0.6) is 0 Å². The molecule has 2 fully saturated rings. The first-order valence-electron chi connectivity index (χ1n) is 6.71. The van der Waals surface area contributed by atoms with Crippen molar-refractivity contribution in [2.24, 2.45) is 22.6 Å². The van der Waals surface area contributed by atoms with E-state index in [1.807, 2.05) is 0 Å². The van der Waals surface area contributed by atoms with Gasteiger partial charge >= 0.3 is 0 Å². The van der Waals surface area contributed by atoms with Crippen molar-refractivity contribution < 1.29 is 8.42 Å². The van der Waals surface area contributed by atoms with Crippen molar-refractivity contribution >= 4 is 39.8 Å². The molecule has 0 aromatic heterocycles. The minimum atomic E-state index is -2.80. The summed E-state index contributed by atoms with van der Waals surface area (Å²) in [5.41, 5.74) is 5.97. The summed E-state index contributed by atoms with van der Waals surface area (Å²) in [6.07, 6.45) is 3.05. The van der Waals surface area contributed by atoms with Crippen molar-refractivity contribution in [3.8, 4) is 0 Å². The van der Waals surface area contributed by atoms with Crippen molar-refractivity contribution in [3.05, 3.63) is 0 Å². The zero-order chi connectivity index (χ0) is 13.2. The van der Waals surface area contributed by atoms with Crippen LogP contribution in [0, 0.1) is 11.8 Å². The Morgan fingerprint density at radius 3 is 2.47 bits per heavy atom. The molecule has 19 heavy (non-hydrogen) atoms. The Morgan fingerprint density at radius 2 is 1.95 bits per heavy atom. The number of nitrogens with two attached hydrogens (primary N) is 1. The van der Waals surface area contributed by atoms with Crippen LogP contribution in [0.2, 0.25) is 0 Å². The maximum atomic E-state index is 11.3. The largest absolute Gasteiger partial charge is 0.370 e. The molecule has 2 aliphatic rings. The number of aliphatic imine (C=N–C) groups is 1. The Kier molecular flexibility index (Phi) is 6.35. The van der Waals surface area contributed by atoms with Crippen LogP contribution in [0.3, 0.4) is 0 Å². The van der Waals surface area contributed by atoms with Crippen molar-refractivity contribution in [3.63, 3.8) is 0 Å². The standard InChI is InChI=1S/C12H23N3O2S.HI/c1-10-2-5-15(6-3-10)12(13)14-8-11-4-7-18(16,17)9-11;/h10-11H,2-9H2,1H3,(H2,13,14);1H. The number of likely N-dealkylation sites (tertiary alicyclic amines) is 1. The smallest absolute Gasteiger partial charge is 0.191 e. The van der Waals surface area contributed by atoms with E-state index in [4.69, 9.17) is 5.73 Å². The van der Waals surface area contributed by atoms with Gasteiger partial charge in [-0.3, -0.25) is 4.99 Å². The zero-order valence-electron chi connectivity index (χ0n) is 11.4. The maximum Gasteiger partial charge on any atom is 0.191 e. The molecular weight excluding hydrogens is 377 g/mol. The van der Waals surface area contributed by atoms with Gasteiger partial charge in [-0.1, -0.05) is 6.92 Å². The van der Waals surface area contributed by atoms with Crippen LogP contribution < -0.4 is 5.73 Å². The van der Waals surface area contributed by atoms with Crippen LogP contribution in [0.25, 0.3) is 0 Å². The molecule has 1 unspecified atom stereocenters. The lowest BCUT2D eigenvalue weighted by Gasteiger charge is -2.31. The summed E-state index contributed by atoms with van der Waals surface area (Å²) >= 11 is 0.